The number of rotatable bonds is 8. The molecule has 0 bridgehead atoms. The summed E-state index contributed by atoms with van der Waals surface area (Å²) in [6.45, 7) is 2.24. The number of halogens is 1. The van der Waals surface area contributed by atoms with E-state index < -0.39 is 0 Å². The minimum atomic E-state index is -0.277. The van der Waals surface area contributed by atoms with Gasteiger partial charge in [0.05, 0.1) is 6.54 Å². The molecule has 0 spiro atoms. The first-order valence-corrected chi connectivity index (χ1v) is 9.35. The Morgan fingerprint density at radius 3 is 2.57 bits per heavy atom. The molecule has 2 aromatic carbocycles. The van der Waals surface area contributed by atoms with Crippen molar-refractivity contribution in [2.75, 3.05) is 19.6 Å². The summed E-state index contributed by atoms with van der Waals surface area (Å²) in [6, 6.07) is 14.5. The van der Waals surface area contributed by atoms with E-state index in [0.717, 1.165) is 16.5 Å². The van der Waals surface area contributed by atoms with Gasteiger partial charge in [0.2, 0.25) is 11.8 Å². The average Bonchev–Trinajstić information content (AvgIpc) is 3.09. The number of carbonyl (C=O) groups excluding carboxylic acids is 2. The van der Waals surface area contributed by atoms with Crippen LogP contribution in [0.3, 0.4) is 0 Å². The molecule has 0 unspecified atom stereocenters. The number of aromatic amines is 1. The molecule has 0 saturated heterocycles. The van der Waals surface area contributed by atoms with Gasteiger partial charge in [-0.2, -0.15) is 0 Å². The second kappa shape index (κ2) is 9.17. The van der Waals surface area contributed by atoms with Gasteiger partial charge in [-0.25, -0.2) is 4.39 Å². The van der Waals surface area contributed by atoms with E-state index in [0.29, 0.717) is 31.5 Å². The van der Waals surface area contributed by atoms with Crippen molar-refractivity contribution in [3.63, 3.8) is 0 Å². The van der Waals surface area contributed by atoms with Crippen LogP contribution in [-0.4, -0.2) is 41.3 Å². The molecule has 0 saturated carbocycles. The summed E-state index contributed by atoms with van der Waals surface area (Å²) < 4.78 is 13.6. The summed E-state index contributed by atoms with van der Waals surface area (Å²) in [4.78, 5) is 28.9. The molecule has 0 aliphatic heterocycles. The summed E-state index contributed by atoms with van der Waals surface area (Å²) in [7, 11) is 0. The van der Waals surface area contributed by atoms with E-state index in [2.05, 4.69) is 10.3 Å². The smallest absolute Gasteiger partial charge is 0.239 e. The molecular formula is C22H24FN3O2. The van der Waals surface area contributed by atoms with Crippen LogP contribution in [0.15, 0.2) is 54.7 Å². The largest absolute Gasteiger partial charge is 0.361 e. The SMILES string of the molecule is CC(=O)N(CCc1c[nH]c2ccccc12)CC(=O)NCCc1ccccc1F. The maximum absolute atomic E-state index is 13.6. The molecule has 0 radical (unpaired) electrons. The predicted molar refractivity (Wildman–Crippen MR) is 107 cm³/mol. The average molecular weight is 381 g/mol. The number of hydrogen-bond donors (Lipinski definition) is 2. The summed E-state index contributed by atoms with van der Waals surface area (Å²) in [5.41, 5.74) is 2.73. The molecule has 0 atom stereocenters. The minimum absolute atomic E-state index is 0.00500. The van der Waals surface area contributed by atoms with Crippen LogP contribution < -0.4 is 5.32 Å². The number of fused-ring (bicyclic) bond motifs is 1. The molecule has 28 heavy (non-hydrogen) atoms. The lowest BCUT2D eigenvalue weighted by Crippen LogP contribution is -2.41. The molecule has 0 aliphatic carbocycles. The molecule has 2 N–H and O–H groups in total. The van der Waals surface area contributed by atoms with Crippen molar-refractivity contribution >= 4 is 22.7 Å². The fourth-order valence-corrected chi connectivity index (χ4v) is 3.21. The number of nitrogens with one attached hydrogen (secondary N) is 2. The van der Waals surface area contributed by atoms with Crippen molar-refractivity contribution in [3.05, 3.63) is 71.7 Å². The Hall–Kier alpha value is -3.15. The van der Waals surface area contributed by atoms with Crippen molar-refractivity contribution in [2.45, 2.75) is 19.8 Å². The second-order valence-corrected chi connectivity index (χ2v) is 6.74. The third kappa shape index (κ3) is 4.97. The van der Waals surface area contributed by atoms with Crippen LogP contribution in [0, 0.1) is 5.82 Å². The fraction of sp³-hybridized carbons (Fsp3) is 0.273. The Bertz CT molecular complexity index is 967. The lowest BCUT2D eigenvalue weighted by Gasteiger charge is -2.20. The van der Waals surface area contributed by atoms with Gasteiger partial charge in [0.25, 0.3) is 0 Å². The van der Waals surface area contributed by atoms with Gasteiger partial charge in [-0.05, 0) is 36.1 Å². The molecule has 1 heterocycles. The molecular weight excluding hydrogens is 357 g/mol. The van der Waals surface area contributed by atoms with Gasteiger partial charge in [0, 0.05) is 37.1 Å². The zero-order valence-electron chi connectivity index (χ0n) is 15.9. The van der Waals surface area contributed by atoms with Gasteiger partial charge in [-0.3, -0.25) is 9.59 Å². The number of hydrogen-bond acceptors (Lipinski definition) is 2. The number of carbonyl (C=O) groups is 2. The molecule has 5 nitrogen and oxygen atoms in total. The van der Waals surface area contributed by atoms with Crippen LogP contribution in [0.25, 0.3) is 10.9 Å². The Kier molecular flexibility index (Phi) is 6.42. The zero-order chi connectivity index (χ0) is 19.9. The van der Waals surface area contributed by atoms with E-state index in [1.165, 1.54) is 17.9 Å². The van der Waals surface area contributed by atoms with Gasteiger partial charge in [-0.15, -0.1) is 0 Å². The maximum Gasteiger partial charge on any atom is 0.239 e. The summed E-state index contributed by atoms with van der Waals surface area (Å²) in [6.07, 6.45) is 3.01. The predicted octanol–water partition coefficient (Wildman–Crippen LogP) is 3.06. The van der Waals surface area contributed by atoms with Gasteiger partial charge in [0.15, 0.2) is 0 Å². The van der Waals surface area contributed by atoms with E-state index in [-0.39, 0.29) is 24.2 Å². The van der Waals surface area contributed by atoms with E-state index in [1.807, 2.05) is 30.5 Å². The number of nitrogens with zero attached hydrogens (tertiary/aromatic N) is 1. The number of para-hydroxylation sites is 1. The highest BCUT2D eigenvalue weighted by molar-refractivity contribution is 5.84. The second-order valence-electron chi connectivity index (χ2n) is 6.74. The van der Waals surface area contributed by atoms with Gasteiger partial charge < -0.3 is 15.2 Å². The van der Waals surface area contributed by atoms with Crippen molar-refractivity contribution in [2.24, 2.45) is 0 Å². The standard InChI is InChI=1S/C22H24FN3O2/c1-16(27)26(13-11-18-14-25-21-9-5-3-7-19(18)21)15-22(28)24-12-10-17-6-2-4-8-20(17)23/h2-9,14,25H,10-13,15H2,1H3,(H,24,28). The van der Waals surface area contributed by atoms with E-state index >= 15 is 0 Å². The summed E-state index contributed by atoms with van der Waals surface area (Å²) in [5.74, 6) is -0.671. The van der Waals surface area contributed by atoms with Crippen molar-refractivity contribution in [3.8, 4) is 0 Å². The first kappa shape index (κ1) is 19.6. The monoisotopic (exact) mass is 381 g/mol. The zero-order valence-corrected chi connectivity index (χ0v) is 15.9. The summed E-state index contributed by atoms with van der Waals surface area (Å²) in [5, 5.41) is 3.89. The molecule has 0 aliphatic rings. The molecule has 2 amide bonds. The van der Waals surface area contributed by atoms with Crippen LogP contribution in [0.1, 0.15) is 18.1 Å². The Labute approximate surface area is 163 Å². The molecule has 3 rings (SSSR count). The third-order valence-electron chi connectivity index (χ3n) is 4.78. The molecule has 146 valence electrons. The van der Waals surface area contributed by atoms with Gasteiger partial charge >= 0.3 is 0 Å². The highest BCUT2D eigenvalue weighted by Crippen LogP contribution is 2.18. The topological polar surface area (TPSA) is 65.2 Å². The normalized spacial score (nSPS) is 10.8. The summed E-state index contributed by atoms with van der Waals surface area (Å²) >= 11 is 0. The van der Waals surface area contributed by atoms with Crippen molar-refractivity contribution in [1.29, 1.82) is 0 Å². The van der Waals surface area contributed by atoms with Crippen LogP contribution in [-0.2, 0) is 22.4 Å². The number of aromatic nitrogens is 1. The maximum atomic E-state index is 13.6. The Morgan fingerprint density at radius 2 is 1.79 bits per heavy atom. The van der Waals surface area contributed by atoms with E-state index in [1.54, 1.807) is 18.2 Å². The fourth-order valence-electron chi connectivity index (χ4n) is 3.21. The van der Waals surface area contributed by atoms with E-state index in [9.17, 15) is 14.0 Å². The van der Waals surface area contributed by atoms with Crippen LogP contribution in [0.5, 0.6) is 0 Å². The number of benzene rings is 2. The third-order valence-corrected chi connectivity index (χ3v) is 4.78. The van der Waals surface area contributed by atoms with Gasteiger partial charge in [0.1, 0.15) is 5.82 Å². The van der Waals surface area contributed by atoms with E-state index in [4.69, 9.17) is 0 Å². The van der Waals surface area contributed by atoms with Crippen molar-refractivity contribution in [1.82, 2.24) is 15.2 Å². The van der Waals surface area contributed by atoms with Crippen LogP contribution in [0.2, 0.25) is 0 Å². The number of amides is 2. The Morgan fingerprint density at radius 1 is 1.04 bits per heavy atom. The first-order chi connectivity index (χ1) is 13.5. The molecule has 6 heteroatoms. The van der Waals surface area contributed by atoms with Crippen molar-refractivity contribution < 1.29 is 14.0 Å². The first-order valence-electron chi connectivity index (χ1n) is 9.35. The molecule has 1 aromatic heterocycles. The van der Waals surface area contributed by atoms with Crippen LogP contribution >= 0.6 is 0 Å². The van der Waals surface area contributed by atoms with Crippen LogP contribution in [0.4, 0.5) is 4.39 Å². The lowest BCUT2D eigenvalue weighted by atomic mass is 10.1. The highest BCUT2D eigenvalue weighted by Gasteiger charge is 2.14. The minimum Gasteiger partial charge on any atom is -0.361 e. The lowest BCUT2D eigenvalue weighted by molar-refractivity contribution is -0.134. The quantitative estimate of drug-likeness (QED) is 0.630. The van der Waals surface area contributed by atoms with Gasteiger partial charge in [-0.1, -0.05) is 36.4 Å². The molecule has 3 aromatic rings. The highest BCUT2D eigenvalue weighted by atomic mass is 19.1. The number of H-pyrrole nitrogens is 1. The Balaban J connectivity index is 1.50. The molecule has 0 fully saturated rings.